The molecule has 7 nitrogen and oxygen atoms in total. The third kappa shape index (κ3) is 4.15. The molecular weight excluding hydrogens is 334 g/mol. The highest BCUT2D eigenvalue weighted by molar-refractivity contribution is 5.96. The van der Waals surface area contributed by atoms with Gasteiger partial charge in [0.25, 0.3) is 5.91 Å². The van der Waals surface area contributed by atoms with Crippen molar-refractivity contribution >= 4 is 17.7 Å². The Morgan fingerprint density at radius 1 is 1.23 bits per heavy atom. The highest BCUT2D eigenvalue weighted by atomic mass is 16.5. The maximum atomic E-state index is 12.6. The van der Waals surface area contributed by atoms with Crippen LogP contribution in [0.15, 0.2) is 18.3 Å². The average molecular weight is 361 g/mol. The number of morpholine rings is 1. The van der Waals surface area contributed by atoms with Crippen LogP contribution in [0.3, 0.4) is 0 Å². The van der Waals surface area contributed by atoms with Crippen molar-refractivity contribution < 1.29 is 19.1 Å². The molecule has 0 N–H and O–H groups in total. The third-order valence-corrected chi connectivity index (χ3v) is 5.13. The number of carbonyl (C=O) groups excluding carboxylic acids is 2. The summed E-state index contributed by atoms with van der Waals surface area (Å²) in [5, 5.41) is 0. The molecule has 7 heteroatoms. The topological polar surface area (TPSA) is 72.0 Å². The Bertz CT molecular complexity index is 635. The van der Waals surface area contributed by atoms with Crippen LogP contribution in [0.1, 0.15) is 43.5 Å². The summed E-state index contributed by atoms with van der Waals surface area (Å²) in [7, 11) is 0. The lowest BCUT2D eigenvalue weighted by molar-refractivity contribution is -0.140. The molecule has 1 aromatic heterocycles. The molecule has 2 aliphatic heterocycles. The Labute approximate surface area is 154 Å². The van der Waals surface area contributed by atoms with E-state index in [1.165, 1.54) is 0 Å². The molecule has 3 heterocycles. The number of rotatable bonds is 4. The minimum absolute atomic E-state index is 0.130. The number of nitrogens with zero attached hydrogens (tertiary/aromatic N) is 3. The van der Waals surface area contributed by atoms with Crippen LogP contribution in [0.4, 0.5) is 5.82 Å². The van der Waals surface area contributed by atoms with E-state index in [-0.39, 0.29) is 24.6 Å². The first-order valence-electron chi connectivity index (χ1n) is 9.34. The smallest absolute Gasteiger partial charge is 0.342 e. The summed E-state index contributed by atoms with van der Waals surface area (Å²) in [5.74, 6) is -0.0481. The Morgan fingerprint density at radius 3 is 2.62 bits per heavy atom. The van der Waals surface area contributed by atoms with Crippen LogP contribution in [0.25, 0.3) is 0 Å². The summed E-state index contributed by atoms with van der Waals surface area (Å²) in [6.07, 6.45) is 4.77. The van der Waals surface area contributed by atoms with Crippen LogP contribution in [-0.4, -0.2) is 66.8 Å². The van der Waals surface area contributed by atoms with Crippen LogP contribution < -0.4 is 4.90 Å². The van der Waals surface area contributed by atoms with E-state index in [1.807, 2.05) is 23.6 Å². The van der Waals surface area contributed by atoms with Gasteiger partial charge < -0.3 is 19.3 Å². The molecule has 142 valence electrons. The van der Waals surface area contributed by atoms with E-state index >= 15 is 0 Å². The second kappa shape index (κ2) is 8.49. The van der Waals surface area contributed by atoms with Crippen LogP contribution in [0.2, 0.25) is 0 Å². The molecular formula is C19H27N3O4. The first-order valence-corrected chi connectivity index (χ1v) is 9.34. The molecule has 2 atom stereocenters. The van der Waals surface area contributed by atoms with Gasteiger partial charge in [-0.05, 0) is 45.2 Å². The summed E-state index contributed by atoms with van der Waals surface area (Å²) < 4.78 is 10.7. The fourth-order valence-corrected chi connectivity index (χ4v) is 3.78. The van der Waals surface area contributed by atoms with Gasteiger partial charge in [0.15, 0.2) is 6.61 Å². The molecule has 2 aliphatic rings. The van der Waals surface area contributed by atoms with E-state index in [2.05, 4.69) is 4.98 Å². The van der Waals surface area contributed by atoms with E-state index < -0.39 is 5.97 Å². The quantitative estimate of drug-likeness (QED) is 0.763. The zero-order chi connectivity index (χ0) is 18.5. The number of esters is 1. The maximum Gasteiger partial charge on any atom is 0.342 e. The van der Waals surface area contributed by atoms with Gasteiger partial charge in [-0.3, -0.25) is 4.79 Å². The minimum Gasteiger partial charge on any atom is -0.452 e. The number of hydrogen-bond donors (Lipinski definition) is 0. The van der Waals surface area contributed by atoms with Gasteiger partial charge in [0.05, 0.1) is 13.2 Å². The van der Waals surface area contributed by atoms with Gasteiger partial charge in [0, 0.05) is 31.4 Å². The highest BCUT2D eigenvalue weighted by Crippen LogP contribution is 2.23. The Kier molecular flexibility index (Phi) is 6.08. The van der Waals surface area contributed by atoms with Gasteiger partial charge in [0.2, 0.25) is 0 Å². The van der Waals surface area contributed by atoms with Gasteiger partial charge in [0.1, 0.15) is 11.4 Å². The van der Waals surface area contributed by atoms with Crippen LogP contribution in [0, 0.1) is 0 Å². The van der Waals surface area contributed by atoms with Crippen molar-refractivity contribution in [3.8, 4) is 0 Å². The SMILES string of the molecule is C[C@@H]1CCC[C@H](C)N1C(=O)COC(=O)c1cccnc1N1CCOCC1. The summed E-state index contributed by atoms with van der Waals surface area (Å²) in [6, 6.07) is 3.77. The molecule has 0 spiro atoms. The summed E-state index contributed by atoms with van der Waals surface area (Å²) in [5.41, 5.74) is 0.391. The van der Waals surface area contributed by atoms with Crippen LogP contribution in [-0.2, 0) is 14.3 Å². The largest absolute Gasteiger partial charge is 0.452 e. The molecule has 2 fully saturated rings. The molecule has 1 amide bonds. The summed E-state index contributed by atoms with van der Waals surface area (Å²) >= 11 is 0. The van der Waals surface area contributed by atoms with E-state index in [9.17, 15) is 9.59 Å². The number of pyridine rings is 1. The van der Waals surface area contributed by atoms with Crippen LogP contribution >= 0.6 is 0 Å². The molecule has 2 saturated heterocycles. The zero-order valence-electron chi connectivity index (χ0n) is 15.5. The molecule has 0 radical (unpaired) electrons. The van der Waals surface area contributed by atoms with E-state index in [1.54, 1.807) is 18.3 Å². The molecule has 26 heavy (non-hydrogen) atoms. The third-order valence-electron chi connectivity index (χ3n) is 5.13. The van der Waals surface area contributed by atoms with Crippen molar-refractivity contribution in [1.29, 1.82) is 0 Å². The van der Waals surface area contributed by atoms with Crippen molar-refractivity contribution in [1.82, 2.24) is 9.88 Å². The van der Waals surface area contributed by atoms with Crippen molar-refractivity contribution in [2.75, 3.05) is 37.8 Å². The maximum absolute atomic E-state index is 12.6. The second-order valence-electron chi connectivity index (χ2n) is 6.98. The lowest BCUT2D eigenvalue weighted by Gasteiger charge is -2.38. The number of likely N-dealkylation sites (tertiary alicyclic amines) is 1. The highest BCUT2D eigenvalue weighted by Gasteiger charge is 2.30. The van der Waals surface area contributed by atoms with E-state index in [4.69, 9.17) is 9.47 Å². The molecule has 0 aliphatic carbocycles. The van der Waals surface area contributed by atoms with Crippen molar-refractivity contribution in [2.24, 2.45) is 0 Å². The zero-order valence-corrected chi connectivity index (χ0v) is 15.5. The first kappa shape index (κ1) is 18.6. The van der Waals surface area contributed by atoms with Gasteiger partial charge in [-0.1, -0.05) is 0 Å². The Hall–Kier alpha value is -2.15. The molecule has 1 aromatic rings. The van der Waals surface area contributed by atoms with Gasteiger partial charge in [-0.25, -0.2) is 9.78 Å². The fourth-order valence-electron chi connectivity index (χ4n) is 3.78. The molecule has 0 bridgehead atoms. The number of amides is 1. The lowest BCUT2D eigenvalue weighted by atomic mass is 9.97. The summed E-state index contributed by atoms with van der Waals surface area (Å²) in [4.78, 5) is 33.3. The monoisotopic (exact) mass is 361 g/mol. The van der Waals surface area contributed by atoms with Crippen LogP contribution in [0.5, 0.6) is 0 Å². The van der Waals surface area contributed by atoms with Gasteiger partial charge in [-0.15, -0.1) is 0 Å². The van der Waals surface area contributed by atoms with Gasteiger partial charge in [-0.2, -0.15) is 0 Å². The second-order valence-corrected chi connectivity index (χ2v) is 6.98. The average Bonchev–Trinajstić information content (AvgIpc) is 2.66. The molecule has 0 unspecified atom stereocenters. The molecule has 3 rings (SSSR count). The first-order chi connectivity index (χ1) is 12.6. The predicted octanol–water partition coefficient (Wildman–Crippen LogP) is 1.86. The number of carbonyl (C=O) groups is 2. The Morgan fingerprint density at radius 2 is 1.92 bits per heavy atom. The number of hydrogen-bond acceptors (Lipinski definition) is 6. The van der Waals surface area contributed by atoms with Gasteiger partial charge >= 0.3 is 5.97 Å². The predicted molar refractivity (Wildman–Crippen MR) is 97.2 cm³/mol. The van der Waals surface area contributed by atoms with E-state index in [0.29, 0.717) is 37.7 Å². The normalized spacial score (nSPS) is 23.6. The number of ether oxygens (including phenoxy) is 2. The number of aromatic nitrogens is 1. The van der Waals surface area contributed by atoms with Crippen molar-refractivity contribution in [2.45, 2.75) is 45.2 Å². The fraction of sp³-hybridized carbons (Fsp3) is 0.632. The van der Waals surface area contributed by atoms with E-state index in [0.717, 1.165) is 19.3 Å². The number of piperidine rings is 1. The number of anilines is 1. The Balaban J connectivity index is 1.64. The minimum atomic E-state index is -0.509. The lowest BCUT2D eigenvalue weighted by Crippen LogP contribution is -2.49. The standard InChI is InChI=1S/C19H27N3O4/c1-14-5-3-6-15(2)22(14)17(23)13-26-19(24)16-7-4-8-20-18(16)21-9-11-25-12-10-21/h4,7-8,14-15H,3,5-6,9-13H2,1-2H3/t14-,15+. The molecule has 0 saturated carbocycles. The summed E-state index contributed by atoms with van der Waals surface area (Å²) in [6.45, 7) is 6.44. The van der Waals surface area contributed by atoms with Crippen molar-refractivity contribution in [3.05, 3.63) is 23.9 Å². The van der Waals surface area contributed by atoms with Crippen molar-refractivity contribution in [3.63, 3.8) is 0 Å². The molecule has 0 aromatic carbocycles.